The van der Waals surface area contributed by atoms with E-state index < -0.39 is 0 Å². The summed E-state index contributed by atoms with van der Waals surface area (Å²) in [4.78, 5) is 9.61. The Morgan fingerprint density at radius 3 is 2.80 bits per heavy atom. The maximum atomic E-state index is 4.69. The Bertz CT molecular complexity index is 390. The topological polar surface area (TPSA) is 31.4 Å². The maximum Gasteiger partial charge on any atom is 0.128 e. The Morgan fingerprint density at radius 2 is 2.15 bits per heavy atom. The smallest absolute Gasteiger partial charge is 0.128 e. The fourth-order valence-electron chi connectivity index (χ4n) is 2.85. The molecule has 1 fully saturated rings. The third kappa shape index (κ3) is 3.93. The van der Waals surface area contributed by atoms with E-state index in [0.29, 0.717) is 6.04 Å². The molecule has 1 aliphatic heterocycles. The highest BCUT2D eigenvalue weighted by Crippen LogP contribution is 2.20. The predicted octanol–water partition coefficient (Wildman–Crippen LogP) is 2.11. The molecule has 1 atom stereocenters. The molecule has 2 heterocycles. The summed E-state index contributed by atoms with van der Waals surface area (Å²) >= 11 is 0. The Hall–Kier alpha value is -1.13. The van der Waals surface area contributed by atoms with Gasteiger partial charge in [0.05, 0.1) is 0 Å². The average Bonchev–Trinajstić information content (AvgIpc) is 2.67. The van der Waals surface area contributed by atoms with Crippen molar-refractivity contribution in [2.45, 2.75) is 39.3 Å². The molecule has 0 bridgehead atoms. The zero-order valence-electron chi connectivity index (χ0n) is 13.1. The van der Waals surface area contributed by atoms with Crippen molar-refractivity contribution in [3.05, 3.63) is 23.9 Å². The molecule has 20 heavy (non-hydrogen) atoms. The monoisotopic (exact) mass is 276 g/mol. The fourth-order valence-corrected chi connectivity index (χ4v) is 2.85. The van der Waals surface area contributed by atoms with E-state index in [1.165, 1.54) is 24.9 Å². The third-order valence-electron chi connectivity index (χ3n) is 4.06. The number of pyridine rings is 1. The zero-order chi connectivity index (χ0) is 14.4. The summed E-state index contributed by atoms with van der Waals surface area (Å²) in [6.45, 7) is 9.74. The molecule has 1 aromatic rings. The summed E-state index contributed by atoms with van der Waals surface area (Å²) in [6, 6.07) is 4.96. The Labute approximate surface area is 123 Å². The molecule has 4 nitrogen and oxygen atoms in total. The van der Waals surface area contributed by atoms with Crippen LogP contribution in [0.5, 0.6) is 0 Å². The van der Waals surface area contributed by atoms with Crippen molar-refractivity contribution in [3.8, 4) is 0 Å². The molecule has 1 N–H and O–H groups in total. The lowest BCUT2D eigenvalue weighted by atomic mass is 10.1. The van der Waals surface area contributed by atoms with Gasteiger partial charge in [-0.1, -0.05) is 19.9 Å². The maximum absolute atomic E-state index is 4.69. The van der Waals surface area contributed by atoms with Crippen LogP contribution in [0, 0.1) is 0 Å². The predicted molar refractivity (Wildman–Crippen MR) is 85.2 cm³/mol. The van der Waals surface area contributed by atoms with Crippen LogP contribution in [0.15, 0.2) is 18.3 Å². The first-order valence-electron chi connectivity index (χ1n) is 7.85. The molecule has 112 valence electrons. The van der Waals surface area contributed by atoms with E-state index in [0.717, 1.165) is 32.0 Å². The summed E-state index contributed by atoms with van der Waals surface area (Å²) < 4.78 is 0. The Balaban J connectivity index is 2.07. The molecule has 0 saturated carbocycles. The molecule has 1 aromatic heterocycles. The van der Waals surface area contributed by atoms with E-state index in [4.69, 9.17) is 0 Å². The van der Waals surface area contributed by atoms with Crippen molar-refractivity contribution in [1.29, 1.82) is 0 Å². The summed E-state index contributed by atoms with van der Waals surface area (Å²) in [5.41, 5.74) is 1.26. The molecule has 0 spiro atoms. The number of nitrogens with zero attached hydrogens (tertiary/aromatic N) is 3. The highest BCUT2D eigenvalue weighted by molar-refractivity contribution is 5.41. The number of likely N-dealkylation sites (N-methyl/N-ethyl adjacent to an activating group) is 1. The summed E-state index contributed by atoms with van der Waals surface area (Å²) in [7, 11) is 2.22. The molecule has 1 aliphatic rings. The molecular formula is C16H28N4. The molecule has 0 aliphatic carbocycles. The van der Waals surface area contributed by atoms with Crippen LogP contribution in [0.3, 0.4) is 0 Å². The lowest BCUT2D eigenvalue weighted by Gasteiger charge is -2.31. The highest BCUT2D eigenvalue weighted by Gasteiger charge is 2.22. The van der Waals surface area contributed by atoms with Crippen LogP contribution in [0.4, 0.5) is 5.82 Å². The lowest BCUT2D eigenvalue weighted by molar-refractivity contribution is 0.327. The first-order valence-corrected chi connectivity index (χ1v) is 7.85. The van der Waals surface area contributed by atoms with Gasteiger partial charge in [-0.05, 0) is 44.6 Å². The SMILES string of the molecule is CCNCc1ccc(N2CCCN(C)CC2CC)nc1. The molecule has 0 radical (unpaired) electrons. The van der Waals surface area contributed by atoms with Crippen LogP contribution < -0.4 is 10.2 Å². The van der Waals surface area contributed by atoms with Crippen LogP contribution >= 0.6 is 0 Å². The normalized spacial score (nSPS) is 20.9. The van der Waals surface area contributed by atoms with Gasteiger partial charge in [0.15, 0.2) is 0 Å². The second-order valence-corrected chi connectivity index (χ2v) is 5.68. The molecular weight excluding hydrogens is 248 g/mol. The highest BCUT2D eigenvalue weighted by atomic mass is 15.3. The first kappa shape index (κ1) is 15.3. The van der Waals surface area contributed by atoms with E-state index in [1.807, 2.05) is 6.20 Å². The van der Waals surface area contributed by atoms with Crippen LogP contribution in [0.2, 0.25) is 0 Å². The average molecular weight is 276 g/mol. The number of hydrogen-bond donors (Lipinski definition) is 1. The molecule has 1 saturated heterocycles. The van der Waals surface area contributed by atoms with Crippen LogP contribution in [0.1, 0.15) is 32.3 Å². The number of aromatic nitrogens is 1. The minimum absolute atomic E-state index is 0.578. The lowest BCUT2D eigenvalue weighted by Crippen LogP contribution is -2.40. The van der Waals surface area contributed by atoms with E-state index in [2.05, 4.69) is 53.1 Å². The second kappa shape index (κ2) is 7.60. The second-order valence-electron chi connectivity index (χ2n) is 5.68. The number of hydrogen-bond acceptors (Lipinski definition) is 4. The molecule has 0 aromatic carbocycles. The number of anilines is 1. The van der Waals surface area contributed by atoms with Gasteiger partial charge in [0.1, 0.15) is 5.82 Å². The van der Waals surface area contributed by atoms with E-state index in [1.54, 1.807) is 0 Å². The summed E-state index contributed by atoms with van der Waals surface area (Å²) in [5.74, 6) is 1.13. The van der Waals surface area contributed by atoms with Crippen molar-refractivity contribution in [2.75, 3.05) is 38.1 Å². The first-order chi connectivity index (χ1) is 9.74. The Morgan fingerprint density at radius 1 is 1.30 bits per heavy atom. The summed E-state index contributed by atoms with van der Waals surface area (Å²) in [6.07, 6.45) is 4.40. The van der Waals surface area contributed by atoms with Crippen molar-refractivity contribution >= 4 is 5.82 Å². The number of nitrogens with one attached hydrogen (secondary N) is 1. The van der Waals surface area contributed by atoms with Crippen LogP contribution in [-0.4, -0.2) is 49.2 Å². The van der Waals surface area contributed by atoms with Crippen LogP contribution in [-0.2, 0) is 6.54 Å². The van der Waals surface area contributed by atoms with Gasteiger partial charge in [-0.15, -0.1) is 0 Å². The Kier molecular flexibility index (Phi) is 5.80. The third-order valence-corrected chi connectivity index (χ3v) is 4.06. The van der Waals surface area contributed by atoms with Crippen molar-refractivity contribution < 1.29 is 0 Å². The number of rotatable bonds is 5. The molecule has 2 rings (SSSR count). The van der Waals surface area contributed by atoms with E-state index >= 15 is 0 Å². The van der Waals surface area contributed by atoms with E-state index in [9.17, 15) is 0 Å². The fraction of sp³-hybridized carbons (Fsp3) is 0.688. The molecule has 1 unspecified atom stereocenters. The molecule has 0 amide bonds. The van der Waals surface area contributed by atoms with Gasteiger partial charge in [0.25, 0.3) is 0 Å². The van der Waals surface area contributed by atoms with Gasteiger partial charge in [0, 0.05) is 31.9 Å². The van der Waals surface area contributed by atoms with Gasteiger partial charge < -0.3 is 15.1 Å². The largest absolute Gasteiger partial charge is 0.352 e. The standard InChI is InChI=1S/C16H28N4/c1-4-15-13-19(3)9-6-10-20(15)16-8-7-14(12-18-16)11-17-5-2/h7-8,12,15,17H,4-6,9-11,13H2,1-3H3. The zero-order valence-corrected chi connectivity index (χ0v) is 13.1. The van der Waals surface area contributed by atoms with Gasteiger partial charge in [-0.25, -0.2) is 4.98 Å². The van der Waals surface area contributed by atoms with Crippen molar-refractivity contribution in [1.82, 2.24) is 15.2 Å². The minimum Gasteiger partial charge on any atom is -0.352 e. The quantitative estimate of drug-likeness (QED) is 0.892. The van der Waals surface area contributed by atoms with Crippen molar-refractivity contribution in [2.24, 2.45) is 0 Å². The van der Waals surface area contributed by atoms with Gasteiger partial charge >= 0.3 is 0 Å². The molecule has 4 heteroatoms. The van der Waals surface area contributed by atoms with E-state index in [-0.39, 0.29) is 0 Å². The van der Waals surface area contributed by atoms with Crippen LogP contribution in [0.25, 0.3) is 0 Å². The minimum atomic E-state index is 0.578. The van der Waals surface area contributed by atoms with Crippen molar-refractivity contribution in [3.63, 3.8) is 0 Å². The van der Waals surface area contributed by atoms with Gasteiger partial charge in [-0.2, -0.15) is 0 Å². The van der Waals surface area contributed by atoms with Gasteiger partial charge in [-0.3, -0.25) is 0 Å². The summed E-state index contributed by atoms with van der Waals surface area (Å²) in [5, 5.41) is 3.34. The van der Waals surface area contributed by atoms with Gasteiger partial charge in [0.2, 0.25) is 0 Å².